The molecule has 0 aliphatic heterocycles. The van der Waals surface area contributed by atoms with Gasteiger partial charge in [0.25, 0.3) is 0 Å². The third kappa shape index (κ3) is 3.36. The standard InChI is InChI=1S/C16H23N3O2/c1-5-21-15-7-6-13(12(2)17-3)10-14(15)11-19-9-8-18(4)16(19)20/h6-10,12,17H,5,11H2,1-4H3. The predicted octanol–water partition coefficient (Wildman–Crippen LogP) is 1.91. The van der Waals surface area contributed by atoms with Crippen LogP contribution < -0.4 is 15.7 Å². The van der Waals surface area contributed by atoms with Gasteiger partial charge in [0.15, 0.2) is 0 Å². The van der Waals surface area contributed by atoms with Crippen molar-refractivity contribution in [2.45, 2.75) is 26.4 Å². The van der Waals surface area contributed by atoms with Crippen LogP contribution in [-0.2, 0) is 13.6 Å². The minimum atomic E-state index is -0.0236. The molecule has 0 amide bonds. The Bertz CT molecular complexity index is 658. The Kier molecular flexibility index (Phi) is 4.85. The van der Waals surface area contributed by atoms with E-state index in [0.717, 1.165) is 11.3 Å². The lowest BCUT2D eigenvalue weighted by molar-refractivity contribution is 0.335. The molecule has 1 N–H and O–H groups in total. The molecule has 21 heavy (non-hydrogen) atoms. The Hall–Kier alpha value is -2.01. The Morgan fingerprint density at radius 1 is 1.33 bits per heavy atom. The molecular formula is C16H23N3O2. The SMILES string of the molecule is CCOc1ccc(C(C)NC)cc1Cn1ccn(C)c1=O. The van der Waals surface area contributed by atoms with Gasteiger partial charge >= 0.3 is 5.69 Å². The first-order valence-electron chi connectivity index (χ1n) is 7.21. The number of ether oxygens (including phenoxy) is 1. The number of aryl methyl sites for hydroxylation is 1. The molecule has 0 radical (unpaired) electrons. The molecule has 0 fully saturated rings. The third-order valence-corrected chi connectivity index (χ3v) is 3.68. The van der Waals surface area contributed by atoms with Crippen molar-refractivity contribution < 1.29 is 4.74 Å². The Morgan fingerprint density at radius 3 is 2.67 bits per heavy atom. The Balaban J connectivity index is 2.38. The van der Waals surface area contributed by atoms with Crippen LogP contribution in [0.4, 0.5) is 0 Å². The quantitative estimate of drug-likeness (QED) is 0.884. The van der Waals surface area contributed by atoms with Crippen molar-refractivity contribution >= 4 is 0 Å². The second-order valence-electron chi connectivity index (χ2n) is 5.13. The maximum absolute atomic E-state index is 12.0. The molecular weight excluding hydrogens is 266 g/mol. The van der Waals surface area contributed by atoms with Crippen LogP contribution in [-0.4, -0.2) is 22.8 Å². The van der Waals surface area contributed by atoms with Crippen molar-refractivity contribution in [1.29, 1.82) is 0 Å². The maximum Gasteiger partial charge on any atom is 0.328 e. The van der Waals surface area contributed by atoms with Gasteiger partial charge in [0.05, 0.1) is 13.2 Å². The van der Waals surface area contributed by atoms with E-state index in [4.69, 9.17) is 4.74 Å². The van der Waals surface area contributed by atoms with E-state index in [-0.39, 0.29) is 11.7 Å². The molecule has 1 aromatic heterocycles. The molecule has 2 aromatic rings. The van der Waals surface area contributed by atoms with E-state index in [9.17, 15) is 4.79 Å². The maximum atomic E-state index is 12.0. The summed E-state index contributed by atoms with van der Waals surface area (Å²) >= 11 is 0. The first-order valence-corrected chi connectivity index (χ1v) is 7.21. The van der Waals surface area contributed by atoms with E-state index < -0.39 is 0 Å². The van der Waals surface area contributed by atoms with Crippen molar-refractivity contribution in [1.82, 2.24) is 14.5 Å². The topological polar surface area (TPSA) is 48.2 Å². The zero-order valence-electron chi connectivity index (χ0n) is 13.1. The van der Waals surface area contributed by atoms with E-state index >= 15 is 0 Å². The molecule has 5 nitrogen and oxygen atoms in total. The van der Waals surface area contributed by atoms with Gasteiger partial charge in [-0.05, 0) is 38.6 Å². The van der Waals surface area contributed by atoms with E-state index in [1.165, 1.54) is 5.56 Å². The molecule has 0 bridgehead atoms. The molecule has 0 aliphatic rings. The van der Waals surface area contributed by atoms with E-state index in [1.807, 2.05) is 20.0 Å². The summed E-state index contributed by atoms with van der Waals surface area (Å²) in [4.78, 5) is 12.0. The second kappa shape index (κ2) is 6.63. The largest absolute Gasteiger partial charge is 0.494 e. The highest BCUT2D eigenvalue weighted by Crippen LogP contribution is 2.24. The van der Waals surface area contributed by atoms with Crippen LogP contribution in [0.5, 0.6) is 5.75 Å². The highest BCUT2D eigenvalue weighted by atomic mass is 16.5. The molecule has 114 valence electrons. The van der Waals surface area contributed by atoms with E-state index in [1.54, 1.807) is 28.6 Å². The lowest BCUT2D eigenvalue weighted by Gasteiger charge is -2.16. The van der Waals surface area contributed by atoms with Crippen molar-refractivity contribution in [3.63, 3.8) is 0 Å². The first-order chi connectivity index (χ1) is 10.1. The van der Waals surface area contributed by atoms with Gasteiger partial charge in [0, 0.05) is 31.0 Å². The fourth-order valence-corrected chi connectivity index (χ4v) is 2.27. The summed E-state index contributed by atoms with van der Waals surface area (Å²) in [5.74, 6) is 0.834. The van der Waals surface area contributed by atoms with Crippen LogP contribution in [0.3, 0.4) is 0 Å². The van der Waals surface area contributed by atoms with Gasteiger partial charge in [-0.3, -0.25) is 4.57 Å². The van der Waals surface area contributed by atoms with Crippen LogP contribution >= 0.6 is 0 Å². The summed E-state index contributed by atoms with van der Waals surface area (Å²) in [6, 6.07) is 6.40. The van der Waals surface area contributed by atoms with Crippen molar-refractivity contribution in [2.24, 2.45) is 7.05 Å². The number of hydrogen-bond acceptors (Lipinski definition) is 3. The van der Waals surface area contributed by atoms with Crippen LogP contribution in [0.25, 0.3) is 0 Å². The lowest BCUT2D eigenvalue weighted by Crippen LogP contribution is -2.22. The molecule has 1 unspecified atom stereocenters. The van der Waals surface area contributed by atoms with Crippen molar-refractivity contribution in [2.75, 3.05) is 13.7 Å². The van der Waals surface area contributed by atoms with Crippen LogP contribution in [0.1, 0.15) is 31.0 Å². The third-order valence-electron chi connectivity index (χ3n) is 3.68. The van der Waals surface area contributed by atoms with Gasteiger partial charge < -0.3 is 14.6 Å². The number of aromatic nitrogens is 2. The average Bonchev–Trinajstić information content (AvgIpc) is 2.80. The number of rotatable bonds is 6. The summed E-state index contributed by atoms with van der Waals surface area (Å²) in [6.07, 6.45) is 3.56. The molecule has 0 spiro atoms. The van der Waals surface area contributed by atoms with E-state index in [0.29, 0.717) is 13.2 Å². The van der Waals surface area contributed by atoms with Gasteiger partial charge in [-0.1, -0.05) is 6.07 Å². The zero-order valence-corrected chi connectivity index (χ0v) is 13.1. The molecule has 2 rings (SSSR count). The van der Waals surface area contributed by atoms with Gasteiger partial charge in [0.1, 0.15) is 5.75 Å². The number of hydrogen-bond donors (Lipinski definition) is 1. The number of nitrogens with zero attached hydrogens (tertiary/aromatic N) is 2. The fraction of sp³-hybridized carbons (Fsp3) is 0.438. The zero-order chi connectivity index (χ0) is 15.4. The number of nitrogens with one attached hydrogen (secondary N) is 1. The second-order valence-corrected chi connectivity index (χ2v) is 5.13. The van der Waals surface area contributed by atoms with E-state index in [2.05, 4.69) is 24.4 Å². The minimum absolute atomic E-state index is 0.0236. The summed E-state index contributed by atoms with van der Waals surface area (Å²) in [5.41, 5.74) is 2.18. The highest BCUT2D eigenvalue weighted by Gasteiger charge is 2.11. The van der Waals surface area contributed by atoms with Crippen LogP contribution in [0.15, 0.2) is 35.4 Å². The minimum Gasteiger partial charge on any atom is -0.494 e. The monoisotopic (exact) mass is 289 g/mol. The van der Waals surface area contributed by atoms with Crippen molar-refractivity contribution in [3.8, 4) is 5.75 Å². The van der Waals surface area contributed by atoms with Gasteiger partial charge in [-0.2, -0.15) is 0 Å². The Labute approximate surface area is 125 Å². The number of imidazole rings is 1. The molecule has 0 saturated heterocycles. The average molecular weight is 289 g/mol. The van der Waals surface area contributed by atoms with Crippen LogP contribution in [0, 0.1) is 0 Å². The van der Waals surface area contributed by atoms with Gasteiger partial charge in [-0.15, -0.1) is 0 Å². The summed E-state index contributed by atoms with van der Waals surface area (Å²) in [7, 11) is 3.68. The molecule has 1 aromatic carbocycles. The molecule has 5 heteroatoms. The lowest BCUT2D eigenvalue weighted by atomic mass is 10.0. The van der Waals surface area contributed by atoms with Crippen molar-refractivity contribution in [3.05, 3.63) is 52.2 Å². The summed E-state index contributed by atoms with van der Waals surface area (Å²) in [5, 5.41) is 3.23. The fourth-order valence-electron chi connectivity index (χ4n) is 2.27. The molecule has 0 aliphatic carbocycles. The normalized spacial score (nSPS) is 12.4. The first kappa shape index (κ1) is 15.4. The molecule has 1 heterocycles. The summed E-state index contributed by atoms with van der Waals surface area (Å²) < 4.78 is 8.94. The summed E-state index contributed by atoms with van der Waals surface area (Å²) in [6.45, 7) is 5.19. The number of benzene rings is 1. The molecule has 1 atom stereocenters. The van der Waals surface area contributed by atoms with Gasteiger partial charge in [0.2, 0.25) is 0 Å². The Morgan fingerprint density at radius 2 is 2.10 bits per heavy atom. The molecule has 0 saturated carbocycles. The van der Waals surface area contributed by atoms with Crippen LogP contribution in [0.2, 0.25) is 0 Å². The predicted molar refractivity (Wildman–Crippen MR) is 83.9 cm³/mol. The van der Waals surface area contributed by atoms with Gasteiger partial charge in [-0.25, -0.2) is 4.79 Å². The smallest absolute Gasteiger partial charge is 0.328 e. The highest BCUT2D eigenvalue weighted by molar-refractivity contribution is 5.38.